The summed E-state index contributed by atoms with van der Waals surface area (Å²) in [6.07, 6.45) is 5.35. The second-order valence-corrected chi connectivity index (χ2v) is 5.13. The van der Waals surface area contributed by atoms with Crippen LogP contribution >= 0.6 is 0 Å². The zero-order chi connectivity index (χ0) is 13.7. The fraction of sp³-hybridized carbons (Fsp3) is 0.571. The number of piperidine rings is 1. The summed E-state index contributed by atoms with van der Waals surface area (Å²) in [5, 5.41) is 3.09. The van der Waals surface area contributed by atoms with Crippen molar-refractivity contribution in [3.63, 3.8) is 0 Å². The van der Waals surface area contributed by atoms with E-state index in [1.807, 2.05) is 13.0 Å². The lowest BCUT2D eigenvalue weighted by Gasteiger charge is -2.31. The van der Waals surface area contributed by atoms with E-state index < -0.39 is 0 Å². The van der Waals surface area contributed by atoms with Crippen LogP contribution in [0.2, 0.25) is 0 Å². The van der Waals surface area contributed by atoms with E-state index in [9.17, 15) is 4.79 Å². The molecule has 2 heterocycles. The zero-order valence-corrected chi connectivity index (χ0v) is 11.4. The molecule has 5 nitrogen and oxygen atoms in total. The molecule has 1 fully saturated rings. The van der Waals surface area contributed by atoms with Gasteiger partial charge in [0.15, 0.2) is 0 Å². The summed E-state index contributed by atoms with van der Waals surface area (Å²) in [5.74, 6) is -0.0199. The summed E-state index contributed by atoms with van der Waals surface area (Å²) in [4.78, 5) is 18.5. The number of aryl methyl sites for hydroxylation is 1. The molecule has 0 unspecified atom stereocenters. The number of hydrogen-bond donors (Lipinski definition) is 2. The first kappa shape index (κ1) is 14.0. The normalized spacial score (nSPS) is 17.4. The third-order valence-corrected chi connectivity index (χ3v) is 3.51. The first-order valence-electron chi connectivity index (χ1n) is 6.84. The van der Waals surface area contributed by atoms with Crippen molar-refractivity contribution in [2.45, 2.75) is 25.8 Å². The average Bonchev–Trinajstić information content (AvgIpc) is 2.41. The third-order valence-electron chi connectivity index (χ3n) is 3.51. The number of carbonyl (C=O) groups is 1. The third kappa shape index (κ3) is 4.01. The predicted octanol–water partition coefficient (Wildman–Crippen LogP) is 0.543. The van der Waals surface area contributed by atoms with Gasteiger partial charge in [0.05, 0.1) is 5.56 Å². The van der Waals surface area contributed by atoms with Crippen LogP contribution in [0, 0.1) is 6.92 Å². The minimum atomic E-state index is -0.0199. The topological polar surface area (TPSA) is 71.2 Å². The number of rotatable bonds is 4. The molecule has 0 spiro atoms. The first-order valence-corrected chi connectivity index (χ1v) is 6.84. The molecule has 0 aromatic carbocycles. The SMILES string of the molecule is Cc1cncc(C(=O)NC2CCN(CCN)CC2)c1. The second-order valence-electron chi connectivity index (χ2n) is 5.13. The van der Waals surface area contributed by atoms with Crippen molar-refractivity contribution in [3.05, 3.63) is 29.6 Å². The summed E-state index contributed by atoms with van der Waals surface area (Å²) >= 11 is 0. The van der Waals surface area contributed by atoms with E-state index in [-0.39, 0.29) is 11.9 Å². The highest BCUT2D eigenvalue weighted by Crippen LogP contribution is 2.11. The van der Waals surface area contributed by atoms with Gasteiger partial charge in [0.25, 0.3) is 5.91 Å². The number of amides is 1. The van der Waals surface area contributed by atoms with Gasteiger partial charge in [-0.15, -0.1) is 0 Å². The van der Waals surface area contributed by atoms with E-state index in [4.69, 9.17) is 5.73 Å². The zero-order valence-electron chi connectivity index (χ0n) is 11.4. The fourth-order valence-electron chi connectivity index (χ4n) is 2.43. The lowest BCUT2D eigenvalue weighted by Crippen LogP contribution is -2.45. The summed E-state index contributed by atoms with van der Waals surface area (Å²) in [5.41, 5.74) is 7.19. The predicted molar refractivity (Wildman–Crippen MR) is 75.0 cm³/mol. The van der Waals surface area contributed by atoms with Crippen molar-refractivity contribution in [2.75, 3.05) is 26.2 Å². The van der Waals surface area contributed by atoms with E-state index in [2.05, 4.69) is 15.2 Å². The van der Waals surface area contributed by atoms with E-state index in [1.165, 1.54) is 0 Å². The Labute approximate surface area is 114 Å². The molecule has 3 N–H and O–H groups in total. The fourth-order valence-corrected chi connectivity index (χ4v) is 2.43. The van der Waals surface area contributed by atoms with Gasteiger partial charge in [-0.3, -0.25) is 9.78 Å². The Bertz CT molecular complexity index is 427. The molecular formula is C14H22N4O. The van der Waals surface area contributed by atoms with Gasteiger partial charge in [-0.2, -0.15) is 0 Å². The first-order chi connectivity index (χ1) is 9.19. The van der Waals surface area contributed by atoms with Gasteiger partial charge in [0, 0.05) is 44.6 Å². The molecule has 0 bridgehead atoms. The van der Waals surface area contributed by atoms with Crippen LogP contribution in [-0.2, 0) is 0 Å². The molecule has 5 heteroatoms. The van der Waals surface area contributed by atoms with Crippen molar-refractivity contribution >= 4 is 5.91 Å². The molecule has 19 heavy (non-hydrogen) atoms. The van der Waals surface area contributed by atoms with E-state index in [1.54, 1.807) is 12.4 Å². The van der Waals surface area contributed by atoms with Gasteiger partial charge >= 0.3 is 0 Å². The van der Waals surface area contributed by atoms with Gasteiger partial charge < -0.3 is 16.0 Å². The monoisotopic (exact) mass is 262 g/mol. The summed E-state index contributed by atoms with van der Waals surface area (Å²) in [6, 6.07) is 2.13. The maximum atomic E-state index is 12.1. The standard InChI is InChI=1S/C14H22N4O/c1-11-8-12(10-16-9-11)14(19)17-13-2-5-18(6-3-13)7-4-15/h8-10,13H,2-7,15H2,1H3,(H,17,19). The van der Waals surface area contributed by atoms with E-state index in [0.29, 0.717) is 12.1 Å². The van der Waals surface area contributed by atoms with Crippen molar-refractivity contribution < 1.29 is 4.79 Å². The van der Waals surface area contributed by atoms with E-state index >= 15 is 0 Å². The number of hydrogen-bond acceptors (Lipinski definition) is 4. The number of carbonyl (C=O) groups excluding carboxylic acids is 1. The Morgan fingerprint density at radius 1 is 1.47 bits per heavy atom. The largest absolute Gasteiger partial charge is 0.349 e. The smallest absolute Gasteiger partial charge is 0.253 e. The van der Waals surface area contributed by atoms with Crippen molar-refractivity contribution in [1.82, 2.24) is 15.2 Å². The van der Waals surface area contributed by atoms with Gasteiger partial charge in [-0.25, -0.2) is 0 Å². The summed E-state index contributed by atoms with van der Waals surface area (Å²) in [6.45, 7) is 5.60. The molecule has 1 amide bonds. The lowest BCUT2D eigenvalue weighted by atomic mass is 10.0. The van der Waals surface area contributed by atoms with E-state index in [0.717, 1.165) is 38.0 Å². The Balaban J connectivity index is 1.84. The highest BCUT2D eigenvalue weighted by atomic mass is 16.1. The lowest BCUT2D eigenvalue weighted by molar-refractivity contribution is 0.0911. The van der Waals surface area contributed by atoms with Crippen LogP contribution in [0.5, 0.6) is 0 Å². The van der Waals surface area contributed by atoms with Gasteiger partial charge in [-0.05, 0) is 31.4 Å². The molecule has 0 aliphatic carbocycles. The molecule has 1 aliphatic rings. The number of aromatic nitrogens is 1. The highest BCUT2D eigenvalue weighted by molar-refractivity contribution is 5.94. The molecule has 1 aromatic heterocycles. The number of nitrogens with zero attached hydrogens (tertiary/aromatic N) is 2. The van der Waals surface area contributed by atoms with Crippen LogP contribution in [0.3, 0.4) is 0 Å². The Morgan fingerprint density at radius 2 is 2.21 bits per heavy atom. The Kier molecular flexibility index (Phi) is 4.87. The van der Waals surface area contributed by atoms with Gasteiger partial charge in [0.1, 0.15) is 0 Å². The van der Waals surface area contributed by atoms with Crippen molar-refractivity contribution in [2.24, 2.45) is 5.73 Å². The van der Waals surface area contributed by atoms with Crippen LogP contribution in [0.15, 0.2) is 18.5 Å². The minimum absolute atomic E-state index is 0.0199. The molecule has 1 saturated heterocycles. The van der Waals surface area contributed by atoms with Crippen molar-refractivity contribution in [1.29, 1.82) is 0 Å². The number of nitrogens with two attached hydrogens (primary N) is 1. The molecule has 104 valence electrons. The quantitative estimate of drug-likeness (QED) is 0.831. The number of likely N-dealkylation sites (tertiary alicyclic amines) is 1. The summed E-state index contributed by atoms with van der Waals surface area (Å²) < 4.78 is 0. The average molecular weight is 262 g/mol. The molecular weight excluding hydrogens is 240 g/mol. The second kappa shape index (κ2) is 6.63. The molecule has 2 rings (SSSR count). The number of nitrogens with one attached hydrogen (secondary N) is 1. The minimum Gasteiger partial charge on any atom is -0.349 e. The molecule has 0 radical (unpaired) electrons. The van der Waals surface area contributed by atoms with Crippen LogP contribution in [0.1, 0.15) is 28.8 Å². The molecule has 1 aliphatic heterocycles. The van der Waals surface area contributed by atoms with Crippen LogP contribution in [0.25, 0.3) is 0 Å². The summed E-state index contributed by atoms with van der Waals surface area (Å²) in [7, 11) is 0. The molecule has 1 aromatic rings. The molecule has 0 atom stereocenters. The Hall–Kier alpha value is -1.46. The van der Waals surface area contributed by atoms with Crippen LogP contribution in [-0.4, -0.2) is 48.0 Å². The maximum Gasteiger partial charge on any atom is 0.253 e. The van der Waals surface area contributed by atoms with Crippen LogP contribution < -0.4 is 11.1 Å². The maximum absolute atomic E-state index is 12.1. The van der Waals surface area contributed by atoms with Gasteiger partial charge in [0.2, 0.25) is 0 Å². The van der Waals surface area contributed by atoms with Gasteiger partial charge in [-0.1, -0.05) is 0 Å². The number of pyridine rings is 1. The van der Waals surface area contributed by atoms with Crippen LogP contribution in [0.4, 0.5) is 0 Å². The highest BCUT2D eigenvalue weighted by Gasteiger charge is 2.20. The molecule has 0 saturated carbocycles. The Morgan fingerprint density at radius 3 is 2.84 bits per heavy atom. The van der Waals surface area contributed by atoms with Crippen molar-refractivity contribution in [3.8, 4) is 0 Å².